The molecule has 0 spiro atoms. The van der Waals surface area contributed by atoms with Gasteiger partial charge in [0.15, 0.2) is 0 Å². The van der Waals surface area contributed by atoms with Gasteiger partial charge in [0.25, 0.3) is 10.2 Å². The van der Waals surface area contributed by atoms with Crippen molar-refractivity contribution in [3.63, 3.8) is 0 Å². The Hall–Kier alpha value is -0.170. The molecule has 1 N–H and O–H groups in total. The fourth-order valence-electron chi connectivity index (χ4n) is 3.49. The molecule has 0 radical (unpaired) electrons. The van der Waals surface area contributed by atoms with Gasteiger partial charge in [-0.05, 0) is 63.5 Å². The summed E-state index contributed by atoms with van der Waals surface area (Å²) in [4.78, 5) is 0. The van der Waals surface area contributed by atoms with Crippen LogP contribution in [0, 0.1) is 11.8 Å². The maximum atomic E-state index is 13.0. The molecule has 122 valence electrons. The van der Waals surface area contributed by atoms with Gasteiger partial charge >= 0.3 is 0 Å². The Morgan fingerprint density at radius 3 is 2.43 bits per heavy atom. The minimum absolute atomic E-state index is 0.274. The van der Waals surface area contributed by atoms with Crippen molar-refractivity contribution in [3.05, 3.63) is 0 Å². The Bertz CT molecular complexity index is 436. The molecule has 21 heavy (non-hydrogen) atoms. The summed E-state index contributed by atoms with van der Waals surface area (Å²) in [5.41, 5.74) is 0. The van der Waals surface area contributed by atoms with Crippen LogP contribution in [0.3, 0.4) is 0 Å². The second kappa shape index (κ2) is 6.52. The monoisotopic (exact) mass is 315 g/mol. The molecule has 1 unspecified atom stereocenters. The predicted molar refractivity (Wildman–Crippen MR) is 84.2 cm³/mol. The van der Waals surface area contributed by atoms with Crippen LogP contribution >= 0.6 is 0 Å². The summed E-state index contributed by atoms with van der Waals surface area (Å²) < 4.78 is 29.5. The van der Waals surface area contributed by atoms with Crippen LogP contribution in [-0.2, 0) is 10.2 Å². The molecule has 1 atom stereocenters. The van der Waals surface area contributed by atoms with Crippen LogP contribution in [0.5, 0.6) is 0 Å². The summed E-state index contributed by atoms with van der Waals surface area (Å²) in [6, 6.07) is 0.274. The van der Waals surface area contributed by atoms with Gasteiger partial charge in [0.1, 0.15) is 0 Å². The lowest BCUT2D eigenvalue weighted by Crippen LogP contribution is -2.50. The van der Waals surface area contributed by atoms with Gasteiger partial charge in [0.05, 0.1) is 0 Å². The zero-order chi connectivity index (χ0) is 14.9. The lowest BCUT2D eigenvalue weighted by Gasteiger charge is -2.36. The standard InChI is InChI=1S/C15H29N3O2S/c1-13-6-9-17(10-7-13)21(19,20)18(15-4-5-15)12-14-3-2-8-16-11-14/h13-16H,2-12H2,1H3. The molecule has 0 aromatic rings. The van der Waals surface area contributed by atoms with Crippen molar-refractivity contribution in [2.45, 2.75) is 51.5 Å². The van der Waals surface area contributed by atoms with Crippen molar-refractivity contribution in [1.29, 1.82) is 0 Å². The Labute approximate surface area is 129 Å². The number of hydrogen-bond donors (Lipinski definition) is 1. The van der Waals surface area contributed by atoms with Gasteiger partial charge < -0.3 is 5.32 Å². The van der Waals surface area contributed by atoms with E-state index in [0.29, 0.717) is 31.5 Å². The highest BCUT2D eigenvalue weighted by Gasteiger charge is 2.42. The van der Waals surface area contributed by atoms with Crippen LogP contribution in [0.25, 0.3) is 0 Å². The van der Waals surface area contributed by atoms with Crippen LogP contribution in [0.15, 0.2) is 0 Å². The third kappa shape index (κ3) is 3.78. The van der Waals surface area contributed by atoms with Gasteiger partial charge in [0.2, 0.25) is 0 Å². The molecule has 0 amide bonds. The Balaban J connectivity index is 1.67. The quantitative estimate of drug-likeness (QED) is 0.835. The van der Waals surface area contributed by atoms with E-state index in [1.807, 2.05) is 4.31 Å². The molecule has 0 bridgehead atoms. The highest BCUT2D eigenvalue weighted by Crippen LogP contribution is 2.33. The zero-order valence-electron chi connectivity index (χ0n) is 13.1. The van der Waals surface area contributed by atoms with E-state index in [9.17, 15) is 8.42 Å². The average Bonchev–Trinajstić information content (AvgIpc) is 3.31. The lowest BCUT2D eigenvalue weighted by atomic mass is 10.00. The van der Waals surface area contributed by atoms with E-state index >= 15 is 0 Å². The molecule has 3 aliphatic rings. The molecule has 5 nitrogen and oxygen atoms in total. The van der Waals surface area contributed by atoms with E-state index in [1.165, 1.54) is 6.42 Å². The first-order valence-electron chi connectivity index (χ1n) is 8.55. The van der Waals surface area contributed by atoms with E-state index in [2.05, 4.69) is 12.2 Å². The first-order valence-corrected chi connectivity index (χ1v) is 9.94. The summed E-state index contributed by atoms with van der Waals surface area (Å²) in [7, 11) is -3.24. The molecular weight excluding hydrogens is 286 g/mol. The van der Waals surface area contributed by atoms with E-state index < -0.39 is 10.2 Å². The predicted octanol–water partition coefficient (Wildman–Crippen LogP) is 1.43. The number of nitrogens with zero attached hydrogens (tertiary/aromatic N) is 2. The summed E-state index contributed by atoms with van der Waals surface area (Å²) in [5.74, 6) is 1.14. The number of rotatable bonds is 5. The summed E-state index contributed by atoms with van der Waals surface area (Å²) >= 11 is 0. The fraction of sp³-hybridized carbons (Fsp3) is 1.00. The first-order chi connectivity index (χ1) is 10.1. The number of piperidine rings is 2. The molecule has 6 heteroatoms. The molecule has 1 aliphatic carbocycles. The summed E-state index contributed by atoms with van der Waals surface area (Å²) in [6.07, 6.45) is 6.42. The third-order valence-corrected chi connectivity index (χ3v) is 7.21. The Morgan fingerprint density at radius 1 is 1.14 bits per heavy atom. The Kier molecular flexibility index (Phi) is 4.88. The van der Waals surface area contributed by atoms with Crippen molar-refractivity contribution in [3.8, 4) is 0 Å². The molecule has 2 saturated heterocycles. The topological polar surface area (TPSA) is 52.7 Å². The van der Waals surface area contributed by atoms with Crippen LogP contribution in [0.1, 0.15) is 45.4 Å². The second-order valence-corrected chi connectivity index (χ2v) is 8.98. The summed E-state index contributed by atoms with van der Waals surface area (Å²) in [5, 5.41) is 3.40. The van der Waals surface area contributed by atoms with Gasteiger partial charge in [-0.15, -0.1) is 0 Å². The van der Waals surface area contributed by atoms with Crippen LogP contribution in [0.2, 0.25) is 0 Å². The first kappa shape index (κ1) is 15.7. The molecule has 0 aromatic carbocycles. The maximum absolute atomic E-state index is 13.0. The van der Waals surface area contributed by atoms with E-state index in [-0.39, 0.29) is 6.04 Å². The van der Waals surface area contributed by atoms with Gasteiger partial charge in [-0.25, -0.2) is 0 Å². The number of nitrogens with one attached hydrogen (secondary N) is 1. The Morgan fingerprint density at radius 2 is 1.86 bits per heavy atom. The molecular formula is C15H29N3O2S. The second-order valence-electron chi connectivity index (χ2n) is 7.10. The third-order valence-electron chi connectivity index (χ3n) is 5.16. The number of hydrogen-bond acceptors (Lipinski definition) is 3. The molecule has 2 heterocycles. The highest BCUT2D eigenvalue weighted by molar-refractivity contribution is 7.86. The maximum Gasteiger partial charge on any atom is 0.282 e. The molecule has 0 aromatic heterocycles. The van der Waals surface area contributed by atoms with Crippen LogP contribution in [-0.4, -0.2) is 55.8 Å². The van der Waals surface area contributed by atoms with Gasteiger partial charge in [-0.1, -0.05) is 6.92 Å². The highest BCUT2D eigenvalue weighted by atomic mass is 32.2. The van der Waals surface area contributed by atoms with Crippen molar-refractivity contribution in [2.24, 2.45) is 11.8 Å². The largest absolute Gasteiger partial charge is 0.316 e. The fourth-order valence-corrected chi connectivity index (χ4v) is 5.45. The minimum Gasteiger partial charge on any atom is -0.316 e. The lowest BCUT2D eigenvalue weighted by molar-refractivity contribution is 0.239. The van der Waals surface area contributed by atoms with Crippen LogP contribution in [0.4, 0.5) is 0 Å². The van der Waals surface area contributed by atoms with E-state index in [4.69, 9.17) is 0 Å². The van der Waals surface area contributed by atoms with Crippen molar-refractivity contribution in [2.75, 3.05) is 32.7 Å². The zero-order valence-corrected chi connectivity index (χ0v) is 13.9. The summed E-state index contributed by atoms with van der Waals surface area (Å²) in [6.45, 7) is 6.39. The van der Waals surface area contributed by atoms with Crippen LogP contribution < -0.4 is 5.32 Å². The van der Waals surface area contributed by atoms with Crippen molar-refractivity contribution < 1.29 is 8.42 Å². The molecule has 3 fully saturated rings. The van der Waals surface area contributed by atoms with Crippen molar-refractivity contribution in [1.82, 2.24) is 13.9 Å². The van der Waals surface area contributed by atoms with E-state index in [1.54, 1.807) is 4.31 Å². The van der Waals surface area contributed by atoms with E-state index in [0.717, 1.165) is 45.2 Å². The van der Waals surface area contributed by atoms with Gasteiger partial charge in [-0.3, -0.25) is 0 Å². The normalized spacial score (nSPS) is 29.9. The molecule has 2 aliphatic heterocycles. The average molecular weight is 315 g/mol. The van der Waals surface area contributed by atoms with Gasteiger partial charge in [0, 0.05) is 25.7 Å². The minimum atomic E-state index is -3.24. The smallest absolute Gasteiger partial charge is 0.282 e. The SMILES string of the molecule is CC1CCN(S(=O)(=O)N(CC2CCCNC2)C2CC2)CC1. The van der Waals surface area contributed by atoms with Gasteiger partial charge in [-0.2, -0.15) is 17.0 Å². The van der Waals surface area contributed by atoms with Crippen molar-refractivity contribution >= 4 is 10.2 Å². The molecule has 3 rings (SSSR count). The molecule has 1 saturated carbocycles.